The Balaban J connectivity index is 1.44. The van der Waals surface area contributed by atoms with E-state index in [0.29, 0.717) is 17.0 Å². The molecule has 1 atom stereocenters. The number of rotatable bonds is 5. The molecule has 3 aromatic rings. The monoisotopic (exact) mass is 423 g/mol. The van der Waals surface area contributed by atoms with Crippen molar-refractivity contribution >= 4 is 27.5 Å². The summed E-state index contributed by atoms with van der Waals surface area (Å²) in [5.41, 5.74) is 0.988. The summed E-state index contributed by atoms with van der Waals surface area (Å²) >= 11 is 0. The Bertz CT molecular complexity index is 1210. The van der Waals surface area contributed by atoms with Crippen LogP contribution in [0.15, 0.2) is 76.9 Å². The van der Waals surface area contributed by atoms with Crippen LogP contribution >= 0.6 is 0 Å². The molecule has 0 spiro atoms. The highest BCUT2D eigenvalue weighted by Crippen LogP contribution is 2.23. The number of anilines is 1. The smallest absolute Gasteiger partial charge is 0.321 e. The molecule has 0 saturated carbocycles. The Kier molecular flexibility index (Phi) is 5.15. The quantitative estimate of drug-likeness (QED) is 0.649. The molecule has 0 aliphatic carbocycles. The summed E-state index contributed by atoms with van der Waals surface area (Å²) in [5.74, 6) is 0.287. The third-order valence-corrected chi connectivity index (χ3v) is 5.64. The summed E-state index contributed by atoms with van der Waals surface area (Å²) in [6, 6.07) is 14.3. The van der Waals surface area contributed by atoms with Crippen LogP contribution in [0.2, 0.25) is 0 Å². The number of amidine groups is 1. The molecule has 10 heteroatoms. The molecule has 9 nitrogen and oxygen atoms in total. The Morgan fingerprint density at radius 2 is 1.77 bits per heavy atom. The number of nitrogens with one attached hydrogen (secondary N) is 2. The highest BCUT2D eigenvalue weighted by molar-refractivity contribution is 7.90. The van der Waals surface area contributed by atoms with E-state index >= 15 is 0 Å². The van der Waals surface area contributed by atoms with Crippen LogP contribution in [-0.2, 0) is 14.8 Å². The van der Waals surface area contributed by atoms with Crippen LogP contribution in [0.4, 0.5) is 5.69 Å². The fourth-order valence-electron chi connectivity index (χ4n) is 2.78. The van der Waals surface area contributed by atoms with Crippen LogP contribution in [0.5, 0.6) is 11.8 Å². The zero-order chi connectivity index (χ0) is 21.1. The topological polar surface area (TPSA) is 123 Å². The Morgan fingerprint density at radius 1 is 1.07 bits per heavy atom. The van der Waals surface area contributed by atoms with Crippen molar-refractivity contribution in [3.63, 3.8) is 0 Å². The minimum absolute atomic E-state index is 0.148. The SMILES string of the molecule is C[C@H](N=C1NS(=O)(=O)c2ccccc21)C(=O)Nc1ccc(Oc2ncccn2)cc1. The maximum absolute atomic E-state index is 12.5. The molecule has 0 radical (unpaired) electrons. The number of fused-ring (bicyclic) bond motifs is 1. The average molecular weight is 423 g/mol. The maximum atomic E-state index is 12.5. The number of carbonyl (C=O) groups is 1. The van der Waals surface area contributed by atoms with Gasteiger partial charge in [0.15, 0.2) is 0 Å². The third kappa shape index (κ3) is 4.13. The second kappa shape index (κ2) is 7.91. The number of sulfonamides is 1. The van der Waals surface area contributed by atoms with E-state index < -0.39 is 16.1 Å². The predicted molar refractivity (Wildman–Crippen MR) is 110 cm³/mol. The summed E-state index contributed by atoms with van der Waals surface area (Å²) in [7, 11) is -3.65. The highest BCUT2D eigenvalue weighted by atomic mass is 32.2. The maximum Gasteiger partial charge on any atom is 0.321 e. The van der Waals surface area contributed by atoms with Gasteiger partial charge < -0.3 is 10.1 Å². The zero-order valence-electron chi connectivity index (χ0n) is 15.8. The minimum atomic E-state index is -3.65. The molecular formula is C20H17N5O4S. The summed E-state index contributed by atoms with van der Waals surface area (Å²) < 4.78 is 32.2. The number of ether oxygens (including phenoxy) is 1. The summed E-state index contributed by atoms with van der Waals surface area (Å²) in [6.07, 6.45) is 3.14. The lowest BCUT2D eigenvalue weighted by atomic mass is 10.2. The van der Waals surface area contributed by atoms with Gasteiger partial charge in [-0.05, 0) is 49.4 Å². The molecule has 1 aromatic heterocycles. The van der Waals surface area contributed by atoms with Gasteiger partial charge >= 0.3 is 6.01 Å². The lowest BCUT2D eigenvalue weighted by Gasteiger charge is -2.10. The Labute approximate surface area is 172 Å². The van der Waals surface area contributed by atoms with E-state index in [1.54, 1.807) is 67.8 Å². The second-order valence-corrected chi connectivity index (χ2v) is 8.05. The van der Waals surface area contributed by atoms with Gasteiger partial charge in [0.05, 0.1) is 4.90 Å². The fourth-order valence-corrected chi connectivity index (χ4v) is 4.02. The molecule has 0 saturated heterocycles. The molecule has 1 aliphatic rings. The lowest BCUT2D eigenvalue weighted by Crippen LogP contribution is -2.28. The van der Waals surface area contributed by atoms with Crippen LogP contribution in [-0.4, -0.2) is 36.2 Å². The largest absolute Gasteiger partial charge is 0.424 e. The molecule has 2 heterocycles. The molecule has 0 unspecified atom stereocenters. The Hall–Kier alpha value is -3.79. The number of nitrogens with zero attached hydrogens (tertiary/aromatic N) is 3. The first-order valence-electron chi connectivity index (χ1n) is 8.98. The molecule has 30 heavy (non-hydrogen) atoms. The van der Waals surface area contributed by atoms with Crippen molar-refractivity contribution < 1.29 is 17.9 Å². The van der Waals surface area contributed by atoms with Gasteiger partial charge in [0.2, 0.25) is 5.91 Å². The first-order valence-corrected chi connectivity index (χ1v) is 10.5. The second-order valence-electron chi connectivity index (χ2n) is 6.40. The van der Waals surface area contributed by atoms with E-state index in [1.165, 1.54) is 6.07 Å². The normalized spacial score (nSPS) is 16.4. The van der Waals surface area contributed by atoms with Gasteiger partial charge in [0.25, 0.3) is 10.0 Å². The molecule has 4 rings (SSSR count). The number of hydrogen-bond donors (Lipinski definition) is 2. The van der Waals surface area contributed by atoms with Crippen molar-refractivity contribution in [2.45, 2.75) is 17.9 Å². The van der Waals surface area contributed by atoms with Crippen molar-refractivity contribution in [3.8, 4) is 11.8 Å². The molecule has 2 N–H and O–H groups in total. The van der Waals surface area contributed by atoms with E-state index in [9.17, 15) is 13.2 Å². The van der Waals surface area contributed by atoms with E-state index in [2.05, 4.69) is 25.0 Å². The van der Waals surface area contributed by atoms with Crippen LogP contribution in [0.1, 0.15) is 12.5 Å². The van der Waals surface area contributed by atoms with Gasteiger partial charge in [-0.25, -0.2) is 18.4 Å². The number of aliphatic imine (C=N–C) groups is 1. The van der Waals surface area contributed by atoms with E-state index in [0.717, 1.165) is 0 Å². The predicted octanol–water partition coefficient (Wildman–Crippen LogP) is 2.33. The first kappa shape index (κ1) is 19.5. The number of amides is 1. The van der Waals surface area contributed by atoms with E-state index in [-0.39, 0.29) is 22.6 Å². The summed E-state index contributed by atoms with van der Waals surface area (Å²) in [5, 5.41) is 2.74. The van der Waals surface area contributed by atoms with Crippen LogP contribution in [0.25, 0.3) is 0 Å². The van der Waals surface area contributed by atoms with Crippen molar-refractivity contribution in [3.05, 3.63) is 72.6 Å². The number of benzene rings is 2. The first-order chi connectivity index (χ1) is 14.4. The minimum Gasteiger partial charge on any atom is -0.424 e. The standard InChI is InChI=1S/C20H17N5O4S/c1-13(23-18-16-5-2-3-6-17(16)30(27,28)25-18)19(26)24-14-7-9-15(10-8-14)29-20-21-11-4-12-22-20/h2-13H,1H3,(H,23,25)(H,24,26)/t13-/m0/s1. The fraction of sp³-hybridized carbons (Fsp3) is 0.100. The van der Waals surface area contributed by atoms with Crippen LogP contribution in [0, 0.1) is 0 Å². The van der Waals surface area contributed by atoms with E-state index in [4.69, 9.17) is 4.74 Å². The number of carbonyl (C=O) groups excluding carboxylic acids is 1. The van der Waals surface area contributed by atoms with Gasteiger partial charge in [-0.2, -0.15) is 0 Å². The average Bonchev–Trinajstić information content (AvgIpc) is 3.00. The molecule has 152 valence electrons. The van der Waals surface area contributed by atoms with Crippen molar-refractivity contribution in [2.24, 2.45) is 4.99 Å². The molecule has 1 amide bonds. The Morgan fingerprint density at radius 3 is 2.50 bits per heavy atom. The number of aromatic nitrogens is 2. The molecule has 1 aliphatic heterocycles. The highest BCUT2D eigenvalue weighted by Gasteiger charge is 2.31. The van der Waals surface area contributed by atoms with Gasteiger partial charge in [-0.15, -0.1) is 0 Å². The van der Waals surface area contributed by atoms with Crippen LogP contribution < -0.4 is 14.8 Å². The van der Waals surface area contributed by atoms with Crippen LogP contribution in [0.3, 0.4) is 0 Å². The van der Waals surface area contributed by atoms with Gasteiger partial charge in [0, 0.05) is 23.6 Å². The van der Waals surface area contributed by atoms with Gasteiger partial charge in [-0.3, -0.25) is 14.5 Å². The van der Waals surface area contributed by atoms with Gasteiger partial charge in [0.1, 0.15) is 17.6 Å². The summed E-state index contributed by atoms with van der Waals surface area (Å²) in [4.78, 5) is 24.9. The van der Waals surface area contributed by atoms with Crippen molar-refractivity contribution in [1.29, 1.82) is 0 Å². The molecule has 2 aromatic carbocycles. The van der Waals surface area contributed by atoms with Crippen molar-refractivity contribution in [1.82, 2.24) is 14.7 Å². The molecular weight excluding hydrogens is 406 g/mol. The summed E-state index contributed by atoms with van der Waals surface area (Å²) in [6.45, 7) is 1.59. The molecule has 0 bridgehead atoms. The number of hydrogen-bond acceptors (Lipinski definition) is 7. The van der Waals surface area contributed by atoms with Crippen molar-refractivity contribution in [2.75, 3.05) is 5.32 Å². The van der Waals surface area contributed by atoms with Gasteiger partial charge in [-0.1, -0.05) is 12.1 Å². The zero-order valence-corrected chi connectivity index (χ0v) is 16.6. The van der Waals surface area contributed by atoms with E-state index in [1.807, 2.05) is 0 Å². The lowest BCUT2D eigenvalue weighted by molar-refractivity contribution is -0.117. The third-order valence-electron chi connectivity index (χ3n) is 4.24. The molecule has 0 fully saturated rings.